The lowest BCUT2D eigenvalue weighted by molar-refractivity contribution is 0.641. The fraction of sp³-hybridized carbons (Fsp3) is 0.545. The minimum absolute atomic E-state index is 0.691. The molecular formula is C11H19N5. The Bertz CT molecular complexity index is 389. The van der Waals surface area contributed by atoms with Gasteiger partial charge in [0, 0.05) is 26.2 Å². The average molecular weight is 221 g/mol. The Kier molecular flexibility index (Phi) is 4.69. The molecule has 1 aromatic heterocycles. The minimum Gasteiger partial charge on any atom is -0.404 e. The van der Waals surface area contributed by atoms with Crippen LogP contribution in [0.4, 0.5) is 0 Å². The summed E-state index contributed by atoms with van der Waals surface area (Å²) in [6.45, 7) is 4.82. The maximum Gasteiger partial charge on any atom is 0.0903 e. The standard InChI is InChI=1S/C11H19N5/c1-4-10-11(15-16(3)14-10)6-9(7-12)8-13-5-2/h7-8H,4-6,12H2,1-3H3/b9-7-,13-8?. The average Bonchev–Trinajstić information content (AvgIpc) is 2.64. The van der Waals surface area contributed by atoms with E-state index in [2.05, 4.69) is 22.1 Å². The summed E-state index contributed by atoms with van der Waals surface area (Å²) in [7, 11) is 1.83. The number of hydrogen-bond donors (Lipinski definition) is 1. The topological polar surface area (TPSA) is 69.1 Å². The molecular weight excluding hydrogens is 202 g/mol. The summed E-state index contributed by atoms with van der Waals surface area (Å²) >= 11 is 0. The molecule has 0 aromatic carbocycles. The molecule has 0 aliphatic rings. The summed E-state index contributed by atoms with van der Waals surface area (Å²) in [5.74, 6) is 0. The van der Waals surface area contributed by atoms with Crippen LogP contribution in [-0.2, 0) is 19.9 Å². The number of rotatable bonds is 5. The van der Waals surface area contributed by atoms with E-state index in [1.165, 1.54) is 0 Å². The quantitative estimate of drug-likeness (QED) is 0.749. The molecule has 2 N–H and O–H groups in total. The van der Waals surface area contributed by atoms with Gasteiger partial charge in [-0.1, -0.05) is 6.92 Å². The number of aliphatic imine (C=N–C) groups is 1. The molecule has 0 spiro atoms. The fourth-order valence-electron chi connectivity index (χ4n) is 1.45. The zero-order valence-corrected chi connectivity index (χ0v) is 10.1. The zero-order chi connectivity index (χ0) is 12.0. The molecule has 16 heavy (non-hydrogen) atoms. The second-order valence-electron chi connectivity index (χ2n) is 3.48. The van der Waals surface area contributed by atoms with Crippen molar-refractivity contribution < 1.29 is 0 Å². The van der Waals surface area contributed by atoms with Crippen molar-refractivity contribution in [2.75, 3.05) is 6.54 Å². The van der Waals surface area contributed by atoms with Crippen LogP contribution in [0.15, 0.2) is 16.8 Å². The van der Waals surface area contributed by atoms with Gasteiger partial charge < -0.3 is 5.73 Å². The summed E-state index contributed by atoms with van der Waals surface area (Å²) in [5.41, 5.74) is 8.52. The Balaban J connectivity index is 2.81. The molecule has 0 aliphatic carbocycles. The molecule has 0 saturated heterocycles. The smallest absolute Gasteiger partial charge is 0.0903 e. The largest absolute Gasteiger partial charge is 0.404 e. The molecule has 1 rings (SSSR count). The van der Waals surface area contributed by atoms with Crippen LogP contribution in [0, 0.1) is 0 Å². The highest BCUT2D eigenvalue weighted by atomic mass is 15.5. The van der Waals surface area contributed by atoms with E-state index >= 15 is 0 Å². The lowest BCUT2D eigenvalue weighted by Crippen LogP contribution is -2.00. The van der Waals surface area contributed by atoms with E-state index in [0.29, 0.717) is 6.42 Å². The zero-order valence-electron chi connectivity index (χ0n) is 10.1. The molecule has 0 radical (unpaired) electrons. The number of aryl methyl sites for hydroxylation is 2. The SMILES string of the molecule is CCN=C/C(=C\N)Cc1nn(C)nc1CC. The van der Waals surface area contributed by atoms with Gasteiger partial charge in [0.05, 0.1) is 11.4 Å². The highest BCUT2D eigenvalue weighted by Crippen LogP contribution is 2.08. The Morgan fingerprint density at radius 2 is 2.06 bits per heavy atom. The van der Waals surface area contributed by atoms with Crippen molar-refractivity contribution in [2.45, 2.75) is 26.7 Å². The van der Waals surface area contributed by atoms with Crippen LogP contribution < -0.4 is 5.73 Å². The molecule has 5 heteroatoms. The van der Waals surface area contributed by atoms with Gasteiger partial charge in [0.15, 0.2) is 0 Å². The second kappa shape index (κ2) is 6.05. The highest BCUT2D eigenvalue weighted by molar-refractivity contribution is 5.78. The van der Waals surface area contributed by atoms with Gasteiger partial charge in [-0.15, -0.1) is 0 Å². The predicted molar refractivity (Wildman–Crippen MR) is 65.4 cm³/mol. The molecule has 0 amide bonds. The number of hydrogen-bond acceptors (Lipinski definition) is 4. The van der Waals surface area contributed by atoms with Gasteiger partial charge in [-0.3, -0.25) is 4.99 Å². The summed E-state index contributed by atoms with van der Waals surface area (Å²) in [5, 5.41) is 8.61. The number of nitrogens with zero attached hydrogens (tertiary/aromatic N) is 4. The lowest BCUT2D eigenvalue weighted by Gasteiger charge is -1.98. The van der Waals surface area contributed by atoms with E-state index in [9.17, 15) is 0 Å². The Morgan fingerprint density at radius 1 is 1.38 bits per heavy atom. The van der Waals surface area contributed by atoms with Crippen molar-refractivity contribution in [3.05, 3.63) is 23.2 Å². The maximum atomic E-state index is 5.55. The van der Waals surface area contributed by atoms with Crippen molar-refractivity contribution >= 4 is 6.21 Å². The first kappa shape index (κ1) is 12.4. The summed E-state index contributed by atoms with van der Waals surface area (Å²) < 4.78 is 0. The van der Waals surface area contributed by atoms with Crippen LogP contribution in [0.3, 0.4) is 0 Å². The molecule has 0 unspecified atom stereocenters. The van der Waals surface area contributed by atoms with Crippen LogP contribution in [0.1, 0.15) is 25.2 Å². The van der Waals surface area contributed by atoms with Crippen LogP contribution >= 0.6 is 0 Å². The van der Waals surface area contributed by atoms with Crippen molar-refractivity contribution in [1.82, 2.24) is 15.0 Å². The third kappa shape index (κ3) is 3.18. The molecule has 1 aromatic rings. The maximum absolute atomic E-state index is 5.55. The van der Waals surface area contributed by atoms with Crippen molar-refractivity contribution in [1.29, 1.82) is 0 Å². The molecule has 0 saturated carbocycles. The van der Waals surface area contributed by atoms with E-state index in [-0.39, 0.29) is 0 Å². The predicted octanol–water partition coefficient (Wildman–Crippen LogP) is 0.853. The number of aromatic nitrogens is 3. The van der Waals surface area contributed by atoms with Crippen LogP contribution in [-0.4, -0.2) is 27.8 Å². The van der Waals surface area contributed by atoms with Gasteiger partial charge in [-0.05, 0) is 25.1 Å². The van der Waals surface area contributed by atoms with Gasteiger partial charge in [-0.2, -0.15) is 15.0 Å². The lowest BCUT2D eigenvalue weighted by atomic mass is 10.1. The van der Waals surface area contributed by atoms with Gasteiger partial charge in [0.25, 0.3) is 0 Å². The van der Waals surface area contributed by atoms with Gasteiger partial charge >= 0.3 is 0 Å². The molecule has 5 nitrogen and oxygen atoms in total. The molecule has 1 heterocycles. The second-order valence-corrected chi connectivity index (χ2v) is 3.48. The van der Waals surface area contributed by atoms with Gasteiger partial charge in [0.2, 0.25) is 0 Å². The molecule has 88 valence electrons. The fourth-order valence-corrected chi connectivity index (χ4v) is 1.45. The van der Waals surface area contributed by atoms with Crippen molar-refractivity contribution in [2.24, 2.45) is 17.8 Å². The Hall–Kier alpha value is -1.65. The molecule has 0 fully saturated rings. The summed E-state index contributed by atoms with van der Waals surface area (Å²) in [4.78, 5) is 5.77. The van der Waals surface area contributed by atoms with E-state index in [0.717, 1.165) is 29.9 Å². The Labute approximate surface area is 96.1 Å². The van der Waals surface area contributed by atoms with E-state index in [4.69, 9.17) is 5.73 Å². The molecule has 0 aliphatic heterocycles. The normalized spacial score (nSPS) is 12.6. The molecule has 0 atom stereocenters. The van der Waals surface area contributed by atoms with Crippen molar-refractivity contribution in [3.8, 4) is 0 Å². The first-order valence-electron chi connectivity index (χ1n) is 5.50. The van der Waals surface area contributed by atoms with Gasteiger partial charge in [0.1, 0.15) is 0 Å². The van der Waals surface area contributed by atoms with E-state index < -0.39 is 0 Å². The monoisotopic (exact) mass is 221 g/mol. The van der Waals surface area contributed by atoms with E-state index in [1.54, 1.807) is 17.2 Å². The Morgan fingerprint density at radius 3 is 2.62 bits per heavy atom. The minimum atomic E-state index is 0.691. The number of allylic oxidation sites excluding steroid dienone is 1. The first-order chi connectivity index (χ1) is 7.71. The first-order valence-corrected chi connectivity index (χ1v) is 5.50. The summed E-state index contributed by atoms with van der Waals surface area (Å²) in [6.07, 6.45) is 4.95. The van der Waals surface area contributed by atoms with Crippen LogP contribution in [0.5, 0.6) is 0 Å². The van der Waals surface area contributed by atoms with E-state index in [1.807, 2.05) is 14.0 Å². The number of nitrogens with two attached hydrogens (primary N) is 1. The van der Waals surface area contributed by atoms with Gasteiger partial charge in [-0.25, -0.2) is 0 Å². The summed E-state index contributed by atoms with van der Waals surface area (Å²) in [6, 6.07) is 0. The van der Waals surface area contributed by atoms with Crippen LogP contribution in [0.25, 0.3) is 0 Å². The third-order valence-corrected chi connectivity index (χ3v) is 2.22. The van der Waals surface area contributed by atoms with Crippen molar-refractivity contribution in [3.63, 3.8) is 0 Å². The molecule has 0 bridgehead atoms. The highest BCUT2D eigenvalue weighted by Gasteiger charge is 2.08. The third-order valence-electron chi connectivity index (χ3n) is 2.22. The van der Waals surface area contributed by atoms with Crippen LogP contribution in [0.2, 0.25) is 0 Å².